The van der Waals surface area contributed by atoms with Crippen LogP contribution in [0, 0.1) is 21.7 Å². The van der Waals surface area contributed by atoms with Gasteiger partial charge in [-0.2, -0.15) is 5.26 Å². The lowest BCUT2D eigenvalue weighted by atomic mass is 9.87. The van der Waals surface area contributed by atoms with Gasteiger partial charge < -0.3 is 0 Å². The van der Waals surface area contributed by atoms with E-state index < -0.39 is 17.2 Å². The summed E-state index contributed by atoms with van der Waals surface area (Å²) >= 11 is 0. The van der Waals surface area contributed by atoms with Crippen LogP contribution in [-0.2, 0) is 4.79 Å². The molecule has 0 heterocycles. The summed E-state index contributed by atoms with van der Waals surface area (Å²) in [5, 5.41) is 10.7. The van der Waals surface area contributed by atoms with Crippen molar-refractivity contribution in [2.24, 2.45) is 10.6 Å². The summed E-state index contributed by atoms with van der Waals surface area (Å²) in [6.45, 7) is 4.93. The van der Waals surface area contributed by atoms with Crippen molar-refractivity contribution in [2.45, 2.75) is 26.8 Å². The third kappa shape index (κ3) is 2.46. The van der Waals surface area contributed by atoms with Crippen LogP contribution in [0.4, 0.5) is 0 Å². The van der Waals surface area contributed by atoms with Gasteiger partial charge in [0.1, 0.15) is 6.07 Å². The van der Waals surface area contributed by atoms with Crippen LogP contribution in [0.3, 0.4) is 0 Å². The predicted octanol–water partition coefficient (Wildman–Crippen LogP) is 1.26. The number of rotatable bonds is 2. The molecule has 0 rings (SSSR count). The van der Waals surface area contributed by atoms with Crippen molar-refractivity contribution in [1.82, 2.24) is 0 Å². The van der Waals surface area contributed by atoms with Crippen molar-refractivity contribution in [1.29, 1.82) is 5.26 Å². The maximum atomic E-state index is 11.1. The van der Waals surface area contributed by atoms with E-state index in [0.717, 1.165) is 0 Å². The fourth-order valence-electron chi connectivity index (χ4n) is 0.540. The molecule has 0 aromatic heterocycles. The number of ketones is 1. The van der Waals surface area contributed by atoms with E-state index in [0.29, 0.717) is 0 Å². The van der Waals surface area contributed by atoms with Gasteiger partial charge in [0.2, 0.25) is 6.04 Å². The van der Waals surface area contributed by atoms with Crippen LogP contribution in [0.25, 0.3) is 0 Å². The quantitative estimate of drug-likeness (QED) is 0.562. The fraction of sp³-hybridized carbons (Fsp3) is 0.714. The smallest absolute Gasteiger partial charge is 0.236 e. The van der Waals surface area contributed by atoms with Crippen LogP contribution in [0.15, 0.2) is 5.18 Å². The summed E-state index contributed by atoms with van der Waals surface area (Å²) < 4.78 is 0. The minimum atomic E-state index is -1.35. The van der Waals surface area contributed by atoms with Crippen LogP contribution in [0.5, 0.6) is 0 Å². The topological polar surface area (TPSA) is 70.3 Å². The van der Waals surface area contributed by atoms with Crippen LogP contribution < -0.4 is 0 Å². The summed E-state index contributed by atoms with van der Waals surface area (Å²) in [5.41, 5.74) is -0.672. The van der Waals surface area contributed by atoms with Crippen molar-refractivity contribution in [3.05, 3.63) is 4.91 Å². The number of hydrogen-bond acceptors (Lipinski definition) is 4. The summed E-state index contributed by atoms with van der Waals surface area (Å²) in [4.78, 5) is 21.0. The van der Waals surface area contributed by atoms with Gasteiger partial charge >= 0.3 is 0 Å². The minimum absolute atomic E-state index is 0.435. The van der Waals surface area contributed by atoms with Crippen LogP contribution in [0.2, 0.25) is 0 Å². The SMILES string of the molecule is CC(C)(C)C(=O)C(C#N)N=O. The zero-order chi connectivity index (χ0) is 9.07. The lowest BCUT2D eigenvalue weighted by molar-refractivity contribution is -0.126. The number of carbonyl (C=O) groups excluding carboxylic acids is 1. The molecule has 0 aliphatic carbocycles. The van der Waals surface area contributed by atoms with Gasteiger partial charge in [0.05, 0.1) is 0 Å². The average Bonchev–Trinajstić information content (AvgIpc) is 1.88. The van der Waals surface area contributed by atoms with E-state index in [1.165, 1.54) is 6.07 Å². The largest absolute Gasteiger partial charge is 0.295 e. The van der Waals surface area contributed by atoms with E-state index >= 15 is 0 Å². The Kier molecular flexibility index (Phi) is 2.87. The summed E-state index contributed by atoms with van der Waals surface area (Å²) in [7, 11) is 0. The molecule has 0 radical (unpaired) electrons. The van der Waals surface area contributed by atoms with Crippen LogP contribution >= 0.6 is 0 Å². The first-order chi connectivity index (χ1) is 4.93. The Hall–Kier alpha value is -1.24. The zero-order valence-electron chi connectivity index (χ0n) is 6.79. The number of hydrogen-bond donors (Lipinski definition) is 0. The summed E-state index contributed by atoms with van der Waals surface area (Å²) in [6.07, 6.45) is 0. The van der Waals surface area contributed by atoms with Gasteiger partial charge in [-0.25, -0.2) is 0 Å². The monoisotopic (exact) mass is 154 g/mol. The van der Waals surface area contributed by atoms with Crippen molar-refractivity contribution >= 4 is 5.78 Å². The first kappa shape index (κ1) is 9.76. The Morgan fingerprint density at radius 1 is 1.55 bits per heavy atom. The number of Topliss-reactive ketones (excluding diaryl/α,β-unsaturated/α-hetero) is 1. The predicted molar refractivity (Wildman–Crippen MR) is 39.7 cm³/mol. The van der Waals surface area contributed by atoms with Crippen LogP contribution in [0.1, 0.15) is 20.8 Å². The van der Waals surface area contributed by atoms with E-state index in [-0.39, 0.29) is 0 Å². The van der Waals surface area contributed by atoms with E-state index in [1.807, 2.05) is 0 Å². The zero-order valence-corrected chi connectivity index (χ0v) is 6.79. The average molecular weight is 154 g/mol. The molecule has 0 saturated heterocycles. The molecular weight excluding hydrogens is 144 g/mol. The number of nitroso groups, excluding NO2 is 1. The number of carbonyl (C=O) groups is 1. The second kappa shape index (κ2) is 3.24. The fourth-order valence-corrected chi connectivity index (χ4v) is 0.540. The van der Waals surface area contributed by atoms with Gasteiger partial charge in [0.15, 0.2) is 5.78 Å². The Balaban J connectivity index is 4.50. The van der Waals surface area contributed by atoms with Crippen molar-refractivity contribution < 1.29 is 4.79 Å². The minimum Gasteiger partial charge on any atom is -0.295 e. The lowest BCUT2D eigenvalue weighted by Crippen LogP contribution is -2.29. The molecule has 11 heavy (non-hydrogen) atoms. The molecule has 0 saturated carbocycles. The molecule has 0 bridgehead atoms. The van der Waals surface area contributed by atoms with Gasteiger partial charge in [-0.3, -0.25) is 4.79 Å². The van der Waals surface area contributed by atoms with E-state index in [9.17, 15) is 9.70 Å². The molecule has 4 nitrogen and oxygen atoms in total. The van der Waals surface area contributed by atoms with Crippen LogP contribution in [-0.4, -0.2) is 11.8 Å². The first-order valence-corrected chi connectivity index (χ1v) is 3.20. The molecule has 0 amide bonds. The Labute approximate surface area is 65.2 Å². The molecule has 0 aliphatic heterocycles. The molecule has 0 aromatic rings. The maximum Gasteiger partial charge on any atom is 0.236 e. The standard InChI is InChI=1S/C7H10N2O2/c1-7(2,3)6(10)5(4-8)9-11/h5H,1-3H3. The molecule has 4 heteroatoms. The van der Waals surface area contributed by atoms with Gasteiger partial charge in [-0.1, -0.05) is 20.8 Å². The third-order valence-corrected chi connectivity index (χ3v) is 1.22. The molecular formula is C7H10N2O2. The molecule has 1 unspecified atom stereocenters. The van der Waals surface area contributed by atoms with E-state index in [2.05, 4.69) is 5.18 Å². The lowest BCUT2D eigenvalue weighted by Gasteiger charge is -2.15. The second-order valence-corrected chi connectivity index (χ2v) is 3.25. The van der Waals surface area contributed by atoms with Gasteiger partial charge in [0.25, 0.3) is 0 Å². The summed E-state index contributed by atoms with van der Waals surface area (Å²) in [5.74, 6) is -0.435. The van der Waals surface area contributed by atoms with Gasteiger partial charge in [-0.15, -0.1) is 4.91 Å². The highest BCUT2D eigenvalue weighted by molar-refractivity contribution is 5.91. The maximum absolute atomic E-state index is 11.1. The summed E-state index contributed by atoms with van der Waals surface area (Å²) in [6, 6.07) is 0.177. The van der Waals surface area contributed by atoms with Crippen molar-refractivity contribution in [3.8, 4) is 6.07 Å². The molecule has 0 aromatic carbocycles. The molecule has 0 spiro atoms. The molecule has 0 N–H and O–H groups in total. The first-order valence-electron chi connectivity index (χ1n) is 3.20. The number of nitrogens with zero attached hydrogens (tertiary/aromatic N) is 2. The highest BCUT2D eigenvalue weighted by Gasteiger charge is 2.30. The van der Waals surface area contributed by atoms with Crippen molar-refractivity contribution in [3.63, 3.8) is 0 Å². The molecule has 0 fully saturated rings. The van der Waals surface area contributed by atoms with Gasteiger partial charge in [-0.05, 0) is 5.18 Å². The second-order valence-electron chi connectivity index (χ2n) is 3.25. The highest BCUT2D eigenvalue weighted by Crippen LogP contribution is 2.17. The molecule has 1 atom stereocenters. The Morgan fingerprint density at radius 2 is 2.00 bits per heavy atom. The van der Waals surface area contributed by atoms with E-state index in [4.69, 9.17) is 5.26 Å². The Morgan fingerprint density at radius 3 is 2.09 bits per heavy atom. The Bertz CT molecular complexity index is 209. The van der Waals surface area contributed by atoms with Gasteiger partial charge in [0, 0.05) is 5.41 Å². The van der Waals surface area contributed by atoms with Crippen molar-refractivity contribution in [2.75, 3.05) is 0 Å². The third-order valence-electron chi connectivity index (χ3n) is 1.22. The molecule has 0 aliphatic rings. The normalized spacial score (nSPS) is 13.3. The van der Waals surface area contributed by atoms with E-state index in [1.54, 1.807) is 20.8 Å². The highest BCUT2D eigenvalue weighted by atomic mass is 16.3. The number of nitriles is 1. The molecule has 60 valence electrons.